The quantitative estimate of drug-likeness (QED) is 0.549. The summed E-state index contributed by atoms with van der Waals surface area (Å²) in [5.74, 6) is 6.97. The van der Waals surface area contributed by atoms with Crippen LogP contribution in [0.3, 0.4) is 0 Å². The van der Waals surface area contributed by atoms with Crippen LogP contribution in [0.1, 0.15) is 11.4 Å². The highest BCUT2D eigenvalue weighted by Gasteiger charge is 2.16. The largest absolute Gasteiger partial charge is 0.432 e. The maximum Gasteiger partial charge on any atom is 0.266 e. The molecular formula is C12H15N7O. The fourth-order valence-corrected chi connectivity index (χ4v) is 2.04. The summed E-state index contributed by atoms with van der Waals surface area (Å²) in [6.45, 7) is 3.82. The minimum atomic E-state index is 0.379. The third-order valence-corrected chi connectivity index (χ3v) is 3.13. The van der Waals surface area contributed by atoms with E-state index in [1.54, 1.807) is 27.7 Å². The van der Waals surface area contributed by atoms with Crippen molar-refractivity contribution in [3.8, 4) is 11.6 Å². The van der Waals surface area contributed by atoms with Gasteiger partial charge in [0.25, 0.3) is 5.88 Å². The van der Waals surface area contributed by atoms with E-state index in [9.17, 15) is 0 Å². The number of imidazole rings is 1. The lowest BCUT2D eigenvalue weighted by Crippen LogP contribution is -2.10. The summed E-state index contributed by atoms with van der Waals surface area (Å²) in [6, 6.07) is 0. The predicted octanol–water partition coefficient (Wildman–Crippen LogP) is 1.16. The fourth-order valence-electron chi connectivity index (χ4n) is 2.04. The summed E-state index contributed by atoms with van der Waals surface area (Å²) in [5, 5.41) is 4.31. The van der Waals surface area contributed by atoms with Gasteiger partial charge in [0, 0.05) is 19.4 Å². The minimum absolute atomic E-state index is 0.379. The highest BCUT2D eigenvalue weighted by Crippen LogP contribution is 2.29. The van der Waals surface area contributed by atoms with Gasteiger partial charge in [0.1, 0.15) is 5.69 Å². The molecule has 0 atom stereocenters. The van der Waals surface area contributed by atoms with Gasteiger partial charge in [-0.2, -0.15) is 10.1 Å². The number of hydrogen-bond donors (Lipinski definition) is 2. The number of nitrogens with zero attached hydrogens (tertiary/aromatic N) is 5. The van der Waals surface area contributed by atoms with Crippen LogP contribution in [0.25, 0.3) is 5.65 Å². The molecule has 3 aromatic rings. The third kappa shape index (κ3) is 1.86. The Hall–Kier alpha value is -2.61. The summed E-state index contributed by atoms with van der Waals surface area (Å²) >= 11 is 0. The molecule has 0 aliphatic carbocycles. The molecule has 0 saturated carbocycles. The number of nitrogens with one attached hydrogen (secondary N) is 1. The van der Waals surface area contributed by atoms with E-state index >= 15 is 0 Å². The monoisotopic (exact) mass is 273 g/mol. The molecule has 0 radical (unpaired) electrons. The van der Waals surface area contributed by atoms with Gasteiger partial charge < -0.3 is 10.2 Å². The van der Waals surface area contributed by atoms with Gasteiger partial charge in [0.15, 0.2) is 11.6 Å². The highest BCUT2D eigenvalue weighted by atomic mass is 16.5. The summed E-state index contributed by atoms with van der Waals surface area (Å²) in [6.07, 6.45) is 5.21. The van der Waals surface area contributed by atoms with Crippen molar-refractivity contribution in [2.24, 2.45) is 12.9 Å². The number of nitrogens with two attached hydrogens (primary N) is 1. The first-order valence-electron chi connectivity index (χ1n) is 6.08. The normalized spacial score (nSPS) is 11.0. The van der Waals surface area contributed by atoms with Gasteiger partial charge in [-0.1, -0.05) is 0 Å². The number of ether oxygens (including phenoxy) is 1. The molecule has 3 aromatic heterocycles. The molecule has 0 fully saturated rings. The van der Waals surface area contributed by atoms with E-state index in [-0.39, 0.29) is 0 Å². The van der Waals surface area contributed by atoms with Crippen molar-refractivity contribution < 1.29 is 4.74 Å². The van der Waals surface area contributed by atoms with Crippen molar-refractivity contribution in [3.63, 3.8) is 0 Å². The highest BCUT2D eigenvalue weighted by molar-refractivity contribution is 5.55. The molecule has 0 amide bonds. The van der Waals surface area contributed by atoms with Crippen LogP contribution >= 0.6 is 0 Å². The molecule has 0 spiro atoms. The fraction of sp³-hybridized carbons (Fsp3) is 0.250. The Bertz CT molecular complexity index is 774. The Kier molecular flexibility index (Phi) is 2.79. The lowest BCUT2D eigenvalue weighted by molar-refractivity contribution is 0.458. The van der Waals surface area contributed by atoms with Crippen molar-refractivity contribution >= 4 is 11.5 Å². The van der Waals surface area contributed by atoms with Gasteiger partial charge in [-0.3, -0.25) is 9.08 Å². The first kappa shape index (κ1) is 12.4. The van der Waals surface area contributed by atoms with Crippen molar-refractivity contribution in [3.05, 3.63) is 30.0 Å². The lowest BCUT2D eigenvalue weighted by atomic mass is 10.3. The van der Waals surface area contributed by atoms with E-state index in [0.29, 0.717) is 23.1 Å². The molecule has 20 heavy (non-hydrogen) atoms. The Balaban J connectivity index is 2.12. The molecule has 0 unspecified atom stereocenters. The van der Waals surface area contributed by atoms with Crippen molar-refractivity contribution in [2.45, 2.75) is 13.8 Å². The van der Waals surface area contributed by atoms with E-state index in [1.807, 2.05) is 20.9 Å². The summed E-state index contributed by atoms with van der Waals surface area (Å²) in [5.41, 5.74) is 4.84. The van der Waals surface area contributed by atoms with Crippen LogP contribution in [0, 0.1) is 13.8 Å². The molecule has 0 aromatic carbocycles. The van der Waals surface area contributed by atoms with Crippen LogP contribution in [0.2, 0.25) is 0 Å². The molecule has 3 N–H and O–H groups in total. The summed E-state index contributed by atoms with van der Waals surface area (Å²) < 4.78 is 9.45. The topological polar surface area (TPSA) is 95.3 Å². The summed E-state index contributed by atoms with van der Waals surface area (Å²) in [7, 11) is 1.87. The number of anilines is 1. The Morgan fingerprint density at radius 1 is 1.35 bits per heavy atom. The van der Waals surface area contributed by atoms with E-state index < -0.39 is 0 Å². The second-order valence-corrected chi connectivity index (χ2v) is 4.46. The van der Waals surface area contributed by atoms with Crippen LogP contribution < -0.4 is 16.0 Å². The average Bonchev–Trinajstić information content (AvgIpc) is 2.99. The van der Waals surface area contributed by atoms with Crippen molar-refractivity contribution in [1.29, 1.82) is 0 Å². The minimum Gasteiger partial charge on any atom is -0.432 e. The zero-order valence-electron chi connectivity index (χ0n) is 11.5. The van der Waals surface area contributed by atoms with Crippen LogP contribution in [-0.2, 0) is 7.05 Å². The SMILES string of the molecule is Cc1nn(C)c(C)c1Oc1nc(NN)cn2ccnc12. The van der Waals surface area contributed by atoms with E-state index in [0.717, 1.165) is 11.4 Å². The first-order chi connectivity index (χ1) is 9.60. The Morgan fingerprint density at radius 3 is 2.80 bits per heavy atom. The van der Waals surface area contributed by atoms with Crippen LogP contribution in [-0.4, -0.2) is 24.1 Å². The third-order valence-electron chi connectivity index (χ3n) is 3.13. The zero-order chi connectivity index (χ0) is 14.3. The standard InChI is InChI=1S/C12H15N7O/c1-7-10(8(2)18(3)17-7)20-12-11-14-4-5-19(11)6-9(15-12)16-13/h4-6,16H,13H2,1-3H3. The molecule has 3 rings (SSSR count). The number of aromatic nitrogens is 5. The maximum absolute atomic E-state index is 5.90. The molecule has 0 aliphatic rings. The number of aryl methyl sites for hydroxylation is 2. The second-order valence-electron chi connectivity index (χ2n) is 4.46. The van der Waals surface area contributed by atoms with Gasteiger partial charge in [-0.25, -0.2) is 10.8 Å². The molecule has 104 valence electrons. The smallest absolute Gasteiger partial charge is 0.266 e. The molecule has 0 saturated heterocycles. The van der Waals surface area contributed by atoms with Gasteiger partial charge in [0.2, 0.25) is 5.65 Å². The Morgan fingerprint density at radius 2 is 2.15 bits per heavy atom. The molecule has 0 bridgehead atoms. The number of hydrogen-bond acceptors (Lipinski definition) is 6. The average molecular weight is 273 g/mol. The molecule has 0 aliphatic heterocycles. The Labute approximate surface area is 115 Å². The second kappa shape index (κ2) is 4.49. The predicted molar refractivity (Wildman–Crippen MR) is 73.6 cm³/mol. The van der Waals surface area contributed by atoms with Crippen LogP contribution in [0.4, 0.5) is 5.82 Å². The molecule has 8 heteroatoms. The lowest BCUT2D eigenvalue weighted by Gasteiger charge is -2.08. The maximum atomic E-state index is 5.90. The van der Waals surface area contributed by atoms with E-state index in [4.69, 9.17) is 10.6 Å². The van der Waals surface area contributed by atoms with Crippen molar-refractivity contribution in [2.75, 3.05) is 5.43 Å². The first-order valence-corrected chi connectivity index (χ1v) is 6.08. The van der Waals surface area contributed by atoms with Gasteiger partial charge >= 0.3 is 0 Å². The molecule has 8 nitrogen and oxygen atoms in total. The number of fused-ring (bicyclic) bond motifs is 1. The van der Waals surface area contributed by atoms with Gasteiger partial charge in [-0.15, -0.1) is 0 Å². The summed E-state index contributed by atoms with van der Waals surface area (Å²) in [4.78, 5) is 8.54. The van der Waals surface area contributed by atoms with E-state index in [2.05, 4.69) is 20.5 Å². The molecule has 3 heterocycles. The number of nitrogen functional groups attached to an aromatic ring is 1. The number of hydrazine groups is 1. The van der Waals surface area contributed by atoms with Crippen LogP contribution in [0.15, 0.2) is 18.6 Å². The van der Waals surface area contributed by atoms with E-state index in [1.165, 1.54) is 0 Å². The van der Waals surface area contributed by atoms with Gasteiger partial charge in [-0.05, 0) is 13.8 Å². The van der Waals surface area contributed by atoms with Crippen LogP contribution in [0.5, 0.6) is 11.6 Å². The number of rotatable bonds is 3. The molecular weight excluding hydrogens is 258 g/mol. The van der Waals surface area contributed by atoms with Crippen molar-refractivity contribution in [1.82, 2.24) is 24.1 Å². The zero-order valence-corrected chi connectivity index (χ0v) is 11.5. The van der Waals surface area contributed by atoms with Gasteiger partial charge in [0.05, 0.1) is 11.9 Å².